The molecule has 0 aliphatic heterocycles. The minimum absolute atomic E-state index is 0.211. The van der Waals surface area contributed by atoms with Gasteiger partial charge in [-0.2, -0.15) is 0 Å². The van der Waals surface area contributed by atoms with E-state index in [4.69, 9.17) is 15.2 Å². The molecule has 0 radical (unpaired) electrons. The van der Waals surface area contributed by atoms with Crippen molar-refractivity contribution in [1.29, 1.82) is 0 Å². The van der Waals surface area contributed by atoms with E-state index in [0.29, 0.717) is 31.9 Å². The number of hydrogen-bond acceptors (Lipinski definition) is 4. The van der Waals surface area contributed by atoms with Gasteiger partial charge < -0.3 is 15.2 Å². The van der Waals surface area contributed by atoms with E-state index in [1.54, 1.807) is 7.11 Å². The van der Waals surface area contributed by atoms with E-state index in [2.05, 4.69) is 5.10 Å². The first kappa shape index (κ1) is 14.2. The van der Waals surface area contributed by atoms with Gasteiger partial charge in [0.2, 0.25) is 0 Å². The van der Waals surface area contributed by atoms with Gasteiger partial charge in [-0.25, -0.2) is 0 Å². The molecule has 0 bridgehead atoms. The zero-order valence-electron chi connectivity index (χ0n) is 11.5. The standard InChI is InChI=1S/C14H19N3O3/c1-19-10-12-13(15)14(18)17(16-12)8-5-9-20-11-6-3-2-4-7-11/h2-4,6-7,16H,5,8-10,15H2,1H3. The molecule has 0 aliphatic rings. The maximum atomic E-state index is 11.8. The van der Waals surface area contributed by atoms with Gasteiger partial charge in [0.15, 0.2) is 0 Å². The van der Waals surface area contributed by atoms with Crippen LogP contribution in [0.1, 0.15) is 12.1 Å². The van der Waals surface area contributed by atoms with Crippen LogP contribution in [0.25, 0.3) is 0 Å². The first-order valence-electron chi connectivity index (χ1n) is 6.46. The molecule has 1 aromatic carbocycles. The fourth-order valence-corrected chi connectivity index (χ4v) is 1.89. The highest BCUT2D eigenvalue weighted by Crippen LogP contribution is 2.09. The summed E-state index contributed by atoms with van der Waals surface area (Å²) in [6.07, 6.45) is 0.710. The molecule has 0 aliphatic carbocycles. The Hall–Kier alpha value is -2.21. The first-order chi connectivity index (χ1) is 9.72. The summed E-state index contributed by atoms with van der Waals surface area (Å²) in [5, 5.41) is 2.95. The van der Waals surface area contributed by atoms with E-state index in [1.165, 1.54) is 4.68 Å². The summed E-state index contributed by atoms with van der Waals surface area (Å²) >= 11 is 0. The van der Waals surface area contributed by atoms with Gasteiger partial charge in [0, 0.05) is 20.1 Å². The molecule has 3 N–H and O–H groups in total. The van der Waals surface area contributed by atoms with E-state index in [1.807, 2.05) is 30.3 Å². The SMILES string of the molecule is COCc1[nH]n(CCCOc2ccccc2)c(=O)c1N. The van der Waals surface area contributed by atoms with Crippen LogP contribution in [-0.4, -0.2) is 23.5 Å². The summed E-state index contributed by atoms with van der Waals surface area (Å²) in [7, 11) is 1.56. The number of ether oxygens (including phenoxy) is 2. The number of nitrogens with two attached hydrogens (primary N) is 1. The van der Waals surface area contributed by atoms with Crippen LogP contribution in [-0.2, 0) is 17.9 Å². The lowest BCUT2D eigenvalue weighted by atomic mass is 10.3. The summed E-state index contributed by atoms with van der Waals surface area (Å²) in [5.41, 5.74) is 6.33. The zero-order chi connectivity index (χ0) is 14.4. The predicted octanol–water partition coefficient (Wildman–Crippen LogP) is 1.37. The van der Waals surface area contributed by atoms with E-state index in [0.717, 1.165) is 5.75 Å². The maximum Gasteiger partial charge on any atom is 0.290 e. The smallest absolute Gasteiger partial charge is 0.290 e. The normalized spacial score (nSPS) is 10.7. The number of H-pyrrole nitrogens is 1. The Morgan fingerprint density at radius 3 is 2.75 bits per heavy atom. The summed E-state index contributed by atoms with van der Waals surface area (Å²) in [5.74, 6) is 0.825. The Morgan fingerprint density at radius 1 is 1.30 bits per heavy atom. The summed E-state index contributed by atoms with van der Waals surface area (Å²) in [4.78, 5) is 11.8. The number of methoxy groups -OCH3 is 1. The van der Waals surface area contributed by atoms with Crippen LogP contribution >= 0.6 is 0 Å². The third-order valence-corrected chi connectivity index (χ3v) is 2.90. The molecular weight excluding hydrogens is 258 g/mol. The van der Waals surface area contributed by atoms with E-state index >= 15 is 0 Å². The predicted molar refractivity (Wildman–Crippen MR) is 76.7 cm³/mol. The van der Waals surface area contributed by atoms with Gasteiger partial charge in [-0.05, 0) is 12.1 Å². The Labute approximate surface area is 117 Å². The average molecular weight is 277 g/mol. The Kier molecular flexibility index (Phi) is 4.84. The van der Waals surface area contributed by atoms with Crippen LogP contribution in [0.2, 0.25) is 0 Å². The van der Waals surface area contributed by atoms with Gasteiger partial charge in [-0.1, -0.05) is 18.2 Å². The molecule has 6 heteroatoms. The molecule has 0 amide bonds. The molecule has 0 spiro atoms. The van der Waals surface area contributed by atoms with Gasteiger partial charge in [-0.15, -0.1) is 0 Å². The molecule has 2 aromatic rings. The second kappa shape index (κ2) is 6.81. The third-order valence-electron chi connectivity index (χ3n) is 2.90. The molecule has 0 fully saturated rings. The number of nitrogen functional groups attached to an aromatic ring is 1. The number of nitrogens with one attached hydrogen (secondary N) is 1. The molecule has 1 aromatic heterocycles. The fraction of sp³-hybridized carbons (Fsp3) is 0.357. The molecule has 0 saturated carbocycles. The number of nitrogens with zero attached hydrogens (tertiary/aromatic N) is 1. The topological polar surface area (TPSA) is 82.3 Å². The van der Waals surface area contributed by atoms with Crippen LogP contribution in [0.15, 0.2) is 35.1 Å². The summed E-state index contributed by atoms with van der Waals surface area (Å²) in [6.45, 7) is 1.36. The van der Waals surface area contributed by atoms with Crippen molar-refractivity contribution < 1.29 is 9.47 Å². The number of aromatic amines is 1. The van der Waals surface area contributed by atoms with E-state index < -0.39 is 0 Å². The van der Waals surface area contributed by atoms with Crippen molar-refractivity contribution in [2.45, 2.75) is 19.6 Å². The lowest BCUT2D eigenvalue weighted by Gasteiger charge is -2.06. The fourth-order valence-electron chi connectivity index (χ4n) is 1.89. The second-order valence-corrected chi connectivity index (χ2v) is 4.41. The minimum Gasteiger partial charge on any atom is -0.494 e. The number of benzene rings is 1. The lowest BCUT2D eigenvalue weighted by molar-refractivity contribution is 0.181. The number of aromatic nitrogens is 2. The molecule has 2 rings (SSSR count). The van der Waals surface area contributed by atoms with Gasteiger partial charge in [0.05, 0.1) is 18.9 Å². The summed E-state index contributed by atoms with van der Waals surface area (Å²) < 4.78 is 12.0. The van der Waals surface area contributed by atoms with Gasteiger partial charge in [-0.3, -0.25) is 14.6 Å². The lowest BCUT2D eigenvalue weighted by Crippen LogP contribution is -2.19. The number of anilines is 1. The van der Waals surface area contributed by atoms with Crippen LogP contribution in [0.4, 0.5) is 5.69 Å². The highest BCUT2D eigenvalue weighted by atomic mass is 16.5. The largest absolute Gasteiger partial charge is 0.494 e. The molecule has 20 heavy (non-hydrogen) atoms. The minimum atomic E-state index is -0.211. The number of aryl methyl sites for hydroxylation is 1. The molecule has 1 heterocycles. The third kappa shape index (κ3) is 3.42. The number of para-hydroxylation sites is 1. The van der Waals surface area contributed by atoms with Gasteiger partial charge in [0.1, 0.15) is 11.4 Å². The highest BCUT2D eigenvalue weighted by molar-refractivity contribution is 5.40. The Balaban J connectivity index is 1.85. The average Bonchev–Trinajstić information content (AvgIpc) is 2.73. The van der Waals surface area contributed by atoms with E-state index in [-0.39, 0.29) is 11.2 Å². The summed E-state index contributed by atoms with van der Waals surface area (Å²) in [6, 6.07) is 9.57. The Bertz CT molecular complexity index is 589. The van der Waals surface area contributed by atoms with E-state index in [9.17, 15) is 4.79 Å². The monoisotopic (exact) mass is 277 g/mol. The Morgan fingerprint density at radius 2 is 2.05 bits per heavy atom. The highest BCUT2D eigenvalue weighted by Gasteiger charge is 2.10. The molecule has 108 valence electrons. The zero-order valence-corrected chi connectivity index (χ0v) is 11.5. The molecule has 0 atom stereocenters. The van der Waals surface area contributed by atoms with Crippen molar-refractivity contribution >= 4 is 5.69 Å². The second-order valence-electron chi connectivity index (χ2n) is 4.41. The van der Waals surface area contributed by atoms with Crippen LogP contribution < -0.4 is 16.0 Å². The van der Waals surface area contributed by atoms with Crippen molar-refractivity contribution in [3.05, 3.63) is 46.4 Å². The van der Waals surface area contributed by atoms with Crippen molar-refractivity contribution in [2.24, 2.45) is 0 Å². The molecule has 0 saturated heterocycles. The van der Waals surface area contributed by atoms with Crippen molar-refractivity contribution in [1.82, 2.24) is 9.78 Å². The molecule has 0 unspecified atom stereocenters. The van der Waals surface area contributed by atoms with Crippen molar-refractivity contribution in [2.75, 3.05) is 19.5 Å². The van der Waals surface area contributed by atoms with Crippen LogP contribution in [0, 0.1) is 0 Å². The van der Waals surface area contributed by atoms with Crippen LogP contribution in [0.3, 0.4) is 0 Å². The number of rotatable bonds is 7. The maximum absolute atomic E-state index is 11.8. The number of hydrogen-bond donors (Lipinski definition) is 2. The van der Waals surface area contributed by atoms with Crippen molar-refractivity contribution in [3.8, 4) is 5.75 Å². The van der Waals surface area contributed by atoms with Crippen molar-refractivity contribution in [3.63, 3.8) is 0 Å². The molecular formula is C14H19N3O3. The van der Waals surface area contributed by atoms with Crippen LogP contribution in [0.5, 0.6) is 5.75 Å². The first-order valence-corrected chi connectivity index (χ1v) is 6.46. The quantitative estimate of drug-likeness (QED) is 0.749. The van der Waals surface area contributed by atoms with Gasteiger partial charge in [0.25, 0.3) is 5.56 Å². The van der Waals surface area contributed by atoms with Gasteiger partial charge >= 0.3 is 0 Å². The molecule has 6 nitrogen and oxygen atoms in total.